The Morgan fingerprint density at radius 1 is 1.26 bits per heavy atom. The van der Waals surface area contributed by atoms with E-state index in [9.17, 15) is 14.9 Å². The van der Waals surface area contributed by atoms with Crippen molar-refractivity contribution >= 4 is 17.3 Å². The molecule has 7 heteroatoms. The molecule has 2 rings (SSSR count). The first-order chi connectivity index (χ1) is 10.7. The van der Waals surface area contributed by atoms with E-state index in [0.29, 0.717) is 31.9 Å². The van der Waals surface area contributed by atoms with Crippen molar-refractivity contribution in [2.75, 3.05) is 31.1 Å². The van der Waals surface area contributed by atoms with Crippen LogP contribution in [0.25, 0.3) is 0 Å². The lowest BCUT2D eigenvalue weighted by Crippen LogP contribution is -2.51. The number of hydrogen-bond acceptors (Lipinski definition) is 5. The average molecular weight is 316 g/mol. The third kappa shape index (κ3) is 3.59. The van der Waals surface area contributed by atoms with Gasteiger partial charge in [-0.05, 0) is 12.1 Å². The number of nitro benzene ring substituents is 1. The smallest absolute Gasteiger partial charge is 0.293 e. The topological polar surface area (TPSA) is 90.5 Å². The van der Waals surface area contributed by atoms with Crippen molar-refractivity contribution in [1.29, 1.82) is 5.26 Å². The van der Waals surface area contributed by atoms with E-state index in [4.69, 9.17) is 5.26 Å². The Bertz CT molecular complexity index is 665. The molecule has 0 spiro atoms. The van der Waals surface area contributed by atoms with Crippen LogP contribution in [-0.2, 0) is 4.79 Å². The summed E-state index contributed by atoms with van der Waals surface area (Å²) in [6, 6.07) is 6.40. The number of nitro groups is 1. The fourth-order valence-corrected chi connectivity index (χ4v) is 2.63. The number of anilines is 1. The molecule has 0 radical (unpaired) electrons. The summed E-state index contributed by atoms with van der Waals surface area (Å²) in [5.74, 6) is 0.0893. The minimum Gasteiger partial charge on any atom is -0.362 e. The molecule has 0 atom stereocenters. The highest BCUT2D eigenvalue weighted by atomic mass is 16.6. The highest BCUT2D eigenvalue weighted by Crippen LogP contribution is 2.30. The number of nitriles is 1. The van der Waals surface area contributed by atoms with Gasteiger partial charge in [-0.15, -0.1) is 0 Å². The van der Waals surface area contributed by atoms with Gasteiger partial charge in [0.25, 0.3) is 5.69 Å². The first kappa shape index (κ1) is 16.7. The monoisotopic (exact) mass is 316 g/mol. The van der Waals surface area contributed by atoms with Crippen LogP contribution in [0.15, 0.2) is 18.2 Å². The summed E-state index contributed by atoms with van der Waals surface area (Å²) in [5.41, 5.74) is 0.265. The van der Waals surface area contributed by atoms with Crippen molar-refractivity contribution in [3.8, 4) is 6.07 Å². The van der Waals surface area contributed by atoms with E-state index in [2.05, 4.69) is 0 Å². The second-order valence-electron chi connectivity index (χ2n) is 6.60. The van der Waals surface area contributed by atoms with E-state index in [0.717, 1.165) is 0 Å². The van der Waals surface area contributed by atoms with Gasteiger partial charge in [0.05, 0.1) is 16.6 Å². The lowest BCUT2D eigenvalue weighted by molar-refractivity contribution is -0.384. The van der Waals surface area contributed by atoms with Crippen LogP contribution < -0.4 is 4.90 Å². The zero-order valence-corrected chi connectivity index (χ0v) is 13.6. The zero-order chi connectivity index (χ0) is 17.2. The van der Waals surface area contributed by atoms with Gasteiger partial charge in [-0.3, -0.25) is 14.9 Å². The number of nitrogens with zero attached hydrogens (tertiary/aromatic N) is 4. The van der Waals surface area contributed by atoms with E-state index >= 15 is 0 Å². The van der Waals surface area contributed by atoms with Gasteiger partial charge in [0, 0.05) is 37.7 Å². The van der Waals surface area contributed by atoms with Crippen LogP contribution in [0, 0.1) is 26.9 Å². The summed E-state index contributed by atoms with van der Waals surface area (Å²) < 4.78 is 0. The molecule has 122 valence electrons. The number of carbonyl (C=O) groups excluding carboxylic acids is 1. The second-order valence-corrected chi connectivity index (χ2v) is 6.60. The van der Waals surface area contributed by atoms with Crippen LogP contribution >= 0.6 is 0 Å². The van der Waals surface area contributed by atoms with Crippen LogP contribution in [0.2, 0.25) is 0 Å². The first-order valence-corrected chi connectivity index (χ1v) is 7.47. The molecule has 7 nitrogen and oxygen atoms in total. The SMILES string of the molecule is CC(C)(C)C(=O)N1CCN(c2ccc(C#N)cc2[N+](=O)[O-])CC1. The number of hydrogen-bond donors (Lipinski definition) is 0. The molecule has 1 fully saturated rings. The summed E-state index contributed by atoms with van der Waals surface area (Å²) in [5, 5.41) is 20.1. The molecular formula is C16H20N4O3. The van der Waals surface area contributed by atoms with Gasteiger partial charge in [0.15, 0.2) is 0 Å². The highest BCUT2D eigenvalue weighted by molar-refractivity contribution is 5.82. The number of benzene rings is 1. The van der Waals surface area contributed by atoms with E-state index in [1.54, 1.807) is 17.0 Å². The summed E-state index contributed by atoms with van der Waals surface area (Å²) in [6.07, 6.45) is 0. The first-order valence-electron chi connectivity index (χ1n) is 7.47. The highest BCUT2D eigenvalue weighted by Gasteiger charge is 2.31. The van der Waals surface area contributed by atoms with E-state index in [1.807, 2.05) is 31.7 Å². The third-order valence-corrected chi connectivity index (χ3v) is 3.85. The number of piperazine rings is 1. The molecule has 1 heterocycles. The van der Waals surface area contributed by atoms with Crippen LogP contribution in [0.4, 0.5) is 11.4 Å². The molecule has 1 aromatic rings. The molecule has 0 bridgehead atoms. The molecule has 1 aromatic carbocycles. The maximum Gasteiger partial charge on any atom is 0.293 e. The Morgan fingerprint density at radius 2 is 1.87 bits per heavy atom. The van der Waals surface area contributed by atoms with Crippen molar-refractivity contribution in [2.24, 2.45) is 5.41 Å². The minimum absolute atomic E-state index is 0.0698. The van der Waals surface area contributed by atoms with Crippen LogP contribution in [-0.4, -0.2) is 41.9 Å². The van der Waals surface area contributed by atoms with Crippen molar-refractivity contribution in [2.45, 2.75) is 20.8 Å². The molecule has 1 amide bonds. The number of rotatable bonds is 2. The van der Waals surface area contributed by atoms with Gasteiger partial charge in [-0.1, -0.05) is 20.8 Å². The Hall–Kier alpha value is -2.62. The van der Waals surface area contributed by atoms with Gasteiger partial charge in [0.2, 0.25) is 5.91 Å². The van der Waals surface area contributed by atoms with Crippen molar-refractivity contribution in [1.82, 2.24) is 4.90 Å². The fraction of sp³-hybridized carbons (Fsp3) is 0.500. The predicted molar refractivity (Wildman–Crippen MR) is 86.1 cm³/mol. The molecule has 1 aliphatic heterocycles. The zero-order valence-electron chi connectivity index (χ0n) is 13.6. The summed E-state index contributed by atoms with van der Waals surface area (Å²) >= 11 is 0. The lowest BCUT2D eigenvalue weighted by Gasteiger charge is -2.38. The fourth-order valence-electron chi connectivity index (χ4n) is 2.63. The predicted octanol–water partition coefficient (Wildman–Crippen LogP) is 2.16. The van der Waals surface area contributed by atoms with Crippen molar-refractivity contribution < 1.29 is 9.72 Å². The van der Waals surface area contributed by atoms with E-state index < -0.39 is 10.3 Å². The molecule has 23 heavy (non-hydrogen) atoms. The lowest BCUT2D eigenvalue weighted by atomic mass is 9.94. The second kappa shape index (κ2) is 6.24. The van der Waals surface area contributed by atoms with E-state index in [-0.39, 0.29) is 17.2 Å². The van der Waals surface area contributed by atoms with Crippen LogP contribution in [0.3, 0.4) is 0 Å². The van der Waals surface area contributed by atoms with Crippen LogP contribution in [0.1, 0.15) is 26.3 Å². The maximum absolute atomic E-state index is 12.3. The summed E-state index contributed by atoms with van der Waals surface area (Å²) in [4.78, 5) is 26.7. The maximum atomic E-state index is 12.3. The Kier molecular flexibility index (Phi) is 4.55. The Labute approximate surface area is 135 Å². The van der Waals surface area contributed by atoms with E-state index in [1.165, 1.54) is 6.07 Å². The molecule has 1 saturated heterocycles. The van der Waals surface area contributed by atoms with Gasteiger partial charge < -0.3 is 9.80 Å². The standard InChI is InChI=1S/C16H20N4O3/c1-16(2,3)15(21)19-8-6-18(7-9-19)13-5-4-12(11-17)10-14(13)20(22)23/h4-5,10H,6-9H2,1-3H3. The average Bonchev–Trinajstić information content (AvgIpc) is 2.52. The van der Waals surface area contributed by atoms with Gasteiger partial charge in [-0.2, -0.15) is 5.26 Å². The number of carbonyl (C=O) groups is 1. The minimum atomic E-state index is -0.469. The molecule has 0 aromatic heterocycles. The molecule has 1 aliphatic rings. The van der Waals surface area contributed by atoms with Crippen molar-refractivity contribution in [3.05, 3.63) is 33.9 Å². The molecular weight excluding hydrogens is 296 g/mol. The molecule has 0 saturated carbocycles. The molecule has 0 unspecified atom stereocenters. The summed E-state index contributed by atoms with van der Waals surface area (Å²) in [7, 11) is 0. The summed E-state index contributed by atoms with van der Waals surface area (Å²) in [6.45, 7) is 7.79. The number of amides is 1. The van der Waals surface area contributed by atoms with Gasteiger partial charge in [-0.25, -0.2) is 0 Å². The van der Waals surface area contributed by atoms with Gasteiger partial charge in [0.1, 0.15) is 5.69 Å². The van der Waals surface area contributed by atoms with Crippen molar-refractivity contribution in [3.63, 3.8) is 0 Å². The Balaban J connectivity index is 2.16. The molecule has 0 aliphatic carbocycles. The Morgan fingerprint density at radius 3 is 2.35 bits per heavy atom. The normalized spacial score (nSPS) is 15.2. The largest absolute Gasteiger partial charge is 0.362 e. The quantitative estimate of drug-likeness (QED) is 0.616. The van der Waals surface area contributed by atoms with Crippen LogP contribution in [0.5, 0.6) is 0 Å². The van der Waals surface area contributed by atoms with Gasteiger partial charge >= 0.3 is 0 Å². The third-order valence-electron chi connectivity index (χ3n) is 3.85. The molecule has 0 N–H and O–H groups in total.